The fourth-order valence-corrected chi connectivity index (χ4v) is 0.584. The maximum absolute atomic E-state index is 9.10. The highest BCUT2D eigenvalue weighted by Crippen LogP contribution is 2.06. The van der Waals surface area contributed by atoms with Gasteiger partial charge in [0.15, 0.2) is 0 Å². The minimum Gasteiger partial charge on any atom is -0.396 e. The monoisotopic (exact) mass is 146 g/mol. The van der Waals surface area contributed by atoms with E-state index in [0.29, 0.717) is 0 Å². The van der Waals surface area contributed by atoms with E-state index >= 15 is 0 Å². The molecule has 0 radical (unpaired) electrons. The third kappa shape index (κ3) is 2.47. The molecule has 3 nitrogen and oxygen atoms in total. The van der Waals surface area contributed by atoms with Crippen LogP contribution in [0.25, 0.3) is 0 Å². The van der Waals surface area contributed by atoms with Crippen LogP contribution in [0.5, 0.6) is 0 Å². The Labute approximate surface area is 60.6 Å². The van der Waals surface area contributed by atoms with Crippen LogP contribution in [0.15, 0.2) is 12.7 Å². The van der Waals surface area contributed by atoms with Crippen LogP contribution in [0.2, 0.25) is 0 Å². The fourth-order valence-electron chi connectivity index (χ4n) is 0.584. The lowest BCUT2D eigenvalue weighted by Crippen LogP contribution is -2.32. The van der Waals surface area contributed by atoms with Gasteiger partial charge < -0.3 is 15.3 Å². The lowest BCUT2D eigenvalue weighted by atomic mass is 10.0. The van der Waals surface area contributed by atoms with E-state index in [1.165, 1.54) is 6.08 Å². The van der Waals surface area contributed by atoms with Crippen LogP contribution in [0.3, 0.4) is 0 Å². The van der Waals surface area contributed by atoms with Crippen molar-refractivity contribution in [1.29, 1.82) is 0 Å². The number of rotatable bonds is 4. The molecule has 0 aliphatic carbocycles. The zero-order chi connectivity index (χ0) is 8.15. The largest absolute Gasteiger partial charge is 0.396 e. The summed E-state index contributed by atoms with van der Waals surface area (Å²) in [4.78, 5) is 0. The van der Waals surface area contributed by atoms with Gasteiger partial charge in [-0.25, -0.2) is 0 Å². The second-order valence-electron chi connectivity index (χ2n) is 2.38. The molecule has 0 aliphatic rings. The van der Waals surface area contributed by atoms with E-state index in [-0.39, 0.29) is 12.5 Å². The first-order valence-corrected chi connectivity index (χ1v) is 3.23. The summed E-state index contributed by atoms with van der Waals surface area (Å²) in [7, 11) is 0. The van der Waals surface area contributed by atoms with Gasteiger partial charge >= 0.3 is 0 Å². The zero-order valence-corrected chi connectivity index (χ0v) is 6.07. The van der Waals surface area contributed by atoms with E-state index in [0.717, 1.165) is 0 Å². The van der Waals surface area contributed by atoms with Crippen LogP contribution in [0.1, 0.15) is 6.92 Å². The third-order valence-electron chi connectivity index (χ3n) is 1.46. The third-order valence-corrected chi connectivity index (χ3v) is 1.46. The fraction of sp³-hybridized carbons (Fsp3) is 0.714. The van der Waals surface area contributed by atoms with Gasteiger partial charge in [0.05, 0.1) is 12.2 Å². The zero-order valence-electron chi connectivity index (χ0n) is 6.07. The van der Waals surface area contributed by atoms with Crippen LogP contribution in [0, 0.1) is 5.92 Å². The number of aliphatic hydroxyl groups is 3. The van der Waals surface area contributed by atoms with Crippen molar-refractivity contribution in [2.24, 2.45) is 5.92 Å². The molecule has 10 heavy (non-hydrogen) atoms. The van der Waals surface area contributed by atoms with Crippen LogP contribution in [-0.4, -0.2) is 34.1 Å². The summed E-state index contributed by atoms with van der Waals surface area (Å²) in [5.41, 5.74) is 0. The molecular weight excluding hydrogens is 132 g/mol. The molecule has 0 saturated carbocycles. The predicted molar refractivity (Wildman–Crippen MR) is 38.5 cm³/mol. The summed E-state index contributed by atoms with van der Waals surface area (Å²) in [6, 6.07) is 0. The Morgan fingerprint density at radius 3 is 2.30 bits per heavy atom. The van der Waals surface area contributed by atoms with Crippen LogP contribution >= 0.6 is 0 Å². The number of hydrogen-bond donors (Lipinski definition) is 3. The molecule has 0 rings (SSSR count). The van der Waals surface area contributed by atoms with Crippen molar-refractivity contribution < 1.29 is 15.3 Å². The molecule has 0 aliphatic heterocycles. The van der Waals surface area contributed by atoms with Crippen LogP contribution in [0.4, 0.5) is 0 Å². The molecule has 0 fully saturated rings. The van der Waals surface area contributed by atoms with Gasteiger partial charge in [0.1, 0.15) is 0 Å². The highest BCUT2D eigenvalue weighted by molar-refractivity contribution is 4.86. The van der Waals surface area contributed by atoms with Gasteiger partial charge in [-0.2, -0.15) is 0 Å². The van der Waals surface area contributed by atoms with E-state index in [9.17, 15) is 0 Å². The van der Waals surface area contributed by atoms with Crippen molar-refractivity contribution in [1.82, 2.24) is 0 Å². The van der Waals surface area contributed by atoms with Gasteiger partial charge in [0.25, 0.3) is 0 Å². The van der Waals surface area contributed by atoms with Gasteiger partial charge in [0.2, 0.25) is 0 Å². The standard InChI is InChI=1S/C7H14O3/c1-3-6(9)7(10)5(2)4-8/h3,5-10H,1,4H2,2H3/t5-,6+,7+/m0/s1. The van der Waals surface area contributed by atoms with Crippen molar-refractivity contribution in [3.63, 3.8) is 0 Å². The number of aliphatic hydroxyl groups excluding tert-OH is 3. The first kappa shape index (κ1) is 9.62. The lowest BCUT2D eigenvalue weighted by Gasteiger charge is -2.19. The summed E-state index contributed by atoms with van der Waals surface area (Å²) in [6.45, 7) is 4.82. The Balaban J connectivity index is 3.80. The Bertz CT molecular complexity index is 103. The minimum atomic E-state index is -0.942. The molecule has 0 aromatic carbocycles. The Hall–Kier alpha value is -0.380. The first-order valence-electron chi connectivity index (χ1n) is 3.23. The summed E-state index contributed by atoms with van der Waals surface area (Å²) in [5.74, 6) is -0.312. The molecule has 0 heterocycles. The summed E-state index contributed by atoms with van der Waals surface area (Å²) >= 11 is 0. The minimum absolute atomic E-state index is 0.133. The second kappa shape index (κ2) is 4.44. The van der Waals surface area contributed by atoms with Crippen molar-refractivity contribution in [3.05, 3.63) is 12.7 Å². The average Bonchev–Trinajstić information content (AvgIpc) is 2.00. The topological polar surface area (TPSA) is 60.7 Å². The maximum atomic E-state index is 9.10. The molecule has 0 saturated heterocycles. The van der Waals surface area contributed by atoms with Gasteiger partial charge in [-0.15, -0.1) is 6.58 Å². The molecule has 0 spiro atoms. The summed E-state index contributed by atoms with van der Waals surface area (Å²) < 4.78 is 0. The van der Waals surface area contributed by atoms with Crippen molar-refractivity contribution in [3.8, 4) is 0 Å². The molecule has 0 amide bonds. The van der Waals surface area contributed by atoms with E-state index in [1.54, 1.807) is 6.92 Å². The Morgan fingerprint density at radius 2 is 2.00 bits per heavy atom. The molecule has 3 N–H and O–H groups in total. The smallest absolute Gasteiger partial charge is 0.0980 e. The highest BCUT2D eigenvalue weighted by Gasteiger charge is 2.18. The lowest BCUT2D eigenvalue weighted by molar-refractivity contribution is -0.00395. The van der Waals surface area contributed by atoms with Crippen LogP contribution in [-0.2, 0) is 0 Å². The normalized spacial score (nSPS) is 19.6. The van der Waals surface area contributed by atoms with Gasteiger partial charge in [-0.1, -0.05) is 13.0 Å². The van der Waals surface area contributed by atoms with Gasteiger partial charge in [0, 0.05) is 12.5 Å². The van der Waals surface area contributed by atoms with Crippen LogP contribution < -0.4 is 0 Å². The average molecular weight is 146 g/mol. The molecule has 60 valence electrons. The van der Waals surface area contributed by atoms with Crippen molar-refractivity contribution in [2.45, 2.75) is 19.1 Å². The number of hydrogen-bond acceptors (Lipinski definition) is 3. The molecule has 0 aromatic rings. The quantitative estimate of drug-likeness (QED) is 0.469. The van der Waals surface area contributed by atoms with Gasteiger partial charge in [-0.05, 0) is 0 Å². The predicted octanol–water partition coefficient (Wildman–Crippen LogP) is -0.477. The SMILES string of the molecule is C=C[C@@H](O)[C@H](O)[C@@H](C)CO. The van der Waals surface area contributed by atoms with E-state index < -0.39 is 12.2 Å². The van der Waals surface area contributed by atoms with Crippen molar-refractivity contribution in [2.75, 3.05) is 6.61 Å². The second-order valence-corrected chi connectivity index (χ2v) is 2.38. The van der Waals surface area contributed by atoms with Gasteiger partial charge in [-0.3, -0.25) is 0 Å². The van der Waals surface area contributed by atoms with E-state index in [4.69, 9.17) is 15.3 Å². The Morgan fingerprint density at radius 1 is 1.50 bits per heavy atom. The maximum Gasteiger partial charge on any atom is 0.0980 e. The first-order chi connectivity index (χ1) is 4.63. The molecule has 3 atom stereocenters. The van der Waals surface area contributed by atoms with Crippen molar-refractivity contribution >= 4 is 0 Å². The summed E-state index contributed by atoms with van der Waals surface area (Å²) in [6.07, 6.45) is -0.610. The molecule has 0 aromatic heterocycles. The molecule has 0 bridgehead atoms. The molecular formula is C7H14O3. The molecule has 3 heteroatoms. The highest BCUT2D eigenvalue weighted by atomic mass is 16.3. The molecule has 0 unspecified atom stereocenters. The van der Waals surface area contributed by atoms with E-state index in [1.807, 2.05) is 0 Å². The summed E-state index contributed by atoms with van der Waals surface area (Å²) in [5, 5.41) is 26.6. The van der Waals surface area contributed by atoms with E-state index in [2.05, 4.69) is 6.58 Å². The Kier molecular flexibility index (Phi) is 4.27.